The summed E-state index contributed by atoms with van der Waals surface area (Å²) in [7, 11) is 0. The van der Waals surface area contributed by atoms with Gasteiger partial charge in [-0.15, -0.1) is 0 Å². The second-order valence-corrected chi connectivity index (χ2v) is 15.9. The van der Waals surface area contributed by atoms with E-state index in [1.807, 2.05) is 42.5 Å². The molecule has 0 amide bonds. The number of nitriles is 1. The molecule has 0 bridgehead atoms. The predicted molar refractivity (Wildman–Crippen MR) is 235 cm³/mol. The highest BCUT2D eigenvalue weighted by atomic mass is 32.2. The van der Waals surface area contributed by atoms with E-state index < -0.39 is 5.41 Å². The topological polar surface area (TPSA) is 49.6 Å². The average Bonchev–Trinajstić information content (AvgIpc) is 3.60. The molecule has 0 saturated heterocycles. The minimum Gasteiger partial charge on any atom is -0.228 e. The zero-order valence-electron chi connectivity index (χ0n) is 31.3. The Balaban J connectivity index is 0.994. The quantitative estimate of drug-likeness (QED) is 0.175. The molecule has 4 heteroatoms. The fourth-order valence-electron chi connectivity index (χ4n) is 8.94. The zero-order chi connectivity index (χ0) is 38.6. The molecule has 0 saturated carbocycles. The summed E-state index contributed by atoms with van der Waals surface area (Å²) in [6.45, 7) is 0. The summed E-state index contributed by atoms with van der Waals surface area (Å²) in [5.74, 6) is 0.693. The minimum atomic E-state index is -0.549. The summed E-state index contributed by atoms with van der Waals surface area (Å²) < 4.78 is 0. The van der Waals surface area contributed by atoms with Gasteiger partial charge in [-0.3, -0.25) is 0 Å². The van der Waals surface area contributed by atoms with E-state index in [4.69, 9.17) is 9.97 Å². The van der Waals surface area contributed by atoms with Crippen molar-refractivity contribution in [3.8, 4) is 73.4 Å². The first-order chi connectivity index (χ1) is 28.7. The van der Waals surface area contributed by atoms with Crippen molar-refractivity contribution in [2.45, 2.75) is 15.2 Å². The molecule has 8 aromatic carbocycles. The molecule has 0 atom stereocenters. The smallest absolute Gasteiger partial charge is 0.160 e. The summed E-state index contributed by atoms with van der Waals surface area (Å²) in [6.07, 6.45) is 0. The predicted octanol–water partition coefficient (Wildman–Crippen LogP) is 13.5. The third kappa shape index (κ3) is 5.44. The maximum atomic E-state index is 10.1. The summed E-state index contributed by atoms with van der Waals surface area (Å²) in [5, 5.41) is 10.1. The van der Waals surface area contributed by atoms with Crippen LogP contribution in [0.15, 0.2) is 210 Å². The van der Waals surface area contributed by atoms with Crippen LogP contribution in [0.25, 0.3) is 67.3 Å². The van der Waals surface area contributed by atoms with Gasteiger partial charge in [0.05, 0.1) is 28.4 Å². The van der Waals surface area contributed by atoms with Gasteiger partial charge in [0.15, 0.2) is 5.82 Å². The molecule has 3 nitrogen and oxygen atoms in total. The molecule has 58 heavy (non-hydrogen) atoms. The van der Waals surface area contributed by atoms with Crippen molar-refractivity contribution in [2.24, 2.45) is 0 Å². The number of aromatic nitrogens is 2. The zero-order valence-corrected chi connectivity index (χ0v) is 32.1. The molecule has 1 aliphatic carbocycles. The van der Waals surface area contributed by atoms with Gasteiger partial charge in [-0.25, -0.2) is 9.97 Å². The number of nitrogens with zero attached hydrogens (tertiary/aromatic N) is 3. The Morgan fingerprint density at radius 2 is 0.862 bits per heavy atom. The van der Waals surface area contributed by atoms with E-state index in [0.29, 0.717) is 11.4 Å². The van der Waals surface area contributed by atoms with Gasteiger partial charge in [0, 0.05) is 26.5 Å². The van der Waals surface area contributed by atoms with Gasteiger partial charge in [-0.05, 0) is 98.1 Å². The Bertz CT molecular complexity index is 2990. The van der Waals surface area contributed by atoms with E-state index in [0.717, 1.165) is 50.3 Å². The first-order valence-corrected chi connectivity index (χ1v) is 20.3. The van der Waals surface area contributed by atoms with Gasteiger partial charge < -0.3 is 0 Å². The van der Waals surface area contributed by atoms with Crippen molar-refractivity contribution in [2.75, 3.05) is 0 Å². The number of rotatable bonds is 5. The van der Waals surface area contributed by atoms with E-state index in [1.54, 1.807) is 11.8 Å². The van der Waals surface area contributed by atoms with Crippen molar-refractivity contribution < 1.29 is 0 Å². The average molecular weight is 756 g/mol. The summed E-state index contributed by atoms with van der Waals surface area (Å²) in [5.41, 5.74) is 16.9. The van der Waals surface area contributed by atoms with Crippen molar-refractivity contribution in [3.05, 3.63) is 228 Å². The first-order valence-electron chi connectivity index (χ1n) is 19.4. The summed E-state index contributed by atoms with van der Waals surface area (Å²) in [4.78, 5) is 12.6. The normalized spacial score (nSPS) is 12.9. The lowest BCUT2D eigenvalue weighted by molar-refractivity contribution is 0.722. The standard InChI is InChI=1S/C54H33N3S/c55-34-35-22-28-51-47(30-35)54(45-20-9-7-18-43(45)44-19-8-10-21-46(44)54)48-32-41(27-29-52(48)58-51)37-25-23-36(24-26-37)40-16-11-17-42(31-40)53-56-49(38-12-3-1-4-13-38)33-50(57-53)39-14-5-2-6-15-39/h1-33H. The largest absolute Gasteiger partial charge is 0.228 e. The molecule has 1 aliphatic heterocycles. The Kier molecular flexibility index (Phi) is 8.03. The van der Waals surface area contributed by atoms with Gasteiger partial charge in [-0.1, -0.05) is 169 Å². The fourth-order valence-corrected chi connectivity index (χ4v) is 10.1. The van der Waals surface area contributed by atoms with Gasteiger partial charge >= 0.3 is 0 Å². The van der Waals surface area contributed by atoms with Gasteiger partial charge in [0.25, 0.3) is 0 Å². The fraction of sp³-hybridized carbons (Fsp3) is 0.0185. The van der Waals surface area contributed by atoms with Gasteiger partial charge in [0.2, 0.25) is 0 Å². The van der Waals surface area contributed by atoms with Crippen molar-refractivity contribution >= 4 is 11.8 Å². The van der Waals surface area contributed by atoms with Crippen molar-refractivity contribution in [1.82, 2.24) is 9.97 Å². The summed E-state index contributed by atoms with van der Waals surface area (Å²) >= 11 is 1.79. The Morgan fingerprint density at radius 3 is 1.47 bits per heavy atom. The molecule has 2 aliphatic rings. The maximum Gasteiger partial charge on any atom is 0.160 e. The molecule has 0 radical (unpaired) electrons. The number of benzene rings is 8. The lowest BCUT2D eigenvalue weighted by atomic mass is 9.66. The molecule has 11 rings (SSSR count). The molecular formula is C54H33N3S. The minimum absolute atomic E-state index is 0.549. The molecule has 9 aromatic rings. The van der Waals surface area contributed by atoms with Crippen LogP contribution in [0.3, 0.4) is 0 Å². The van der Waals surface area contributed by atoms with Crippen LogP contribution >= 0.6 is 11.8 Å². The van der Waals surface area contributed by atoms with E-state index >= 15 is 0 Å². The molecular weight excluding hydrogens is 723 g/mol. The van der Waals surface area contributed by atoms with Crippen LogP contribution in [0.5, 0.6) is 0 Å². The van der Waals surface area contributed by atoms with Crippen LogP contribution in [0.1, 0.15) is 27.8 Å². The molecule has 0 fully saturated rings. The van der Waals surface area contributed by atoms with Crippen LogP contribution in [0.2, 0.25) is 0 Å². The Labute approximate surface area is 342 Å². The molecule has 1 aromatic heterocycles. The number of fused-ring (bicyclic) bond motifs is 9. The number of hydrogen-bond donors (Lipinski definition) is 0. The van der Waals surface area contributed by atoms with Crippen LogP contribution in [0.4, 0.5) is 0 Å². The SMILES string of the molecule is N#Cc1ccc2c(c1)C1(c3cc(-c4ccc(-c5cccc(-c6nc(-c7ccccc7)cc(-c7ccccc7)n6)c5)cc4)ccc3S2)c2ccccc2-c2ccccc21. The first kappa shape index (κ1) is 34.0. The molecule has 270 valence electrons. The highest BCUT2D eigenvalue weighted by molar-refractivity contribution is 7.99. The van der Waals surface area contributed by atoms with Crippen LogP contribution < -0.4 is 0 Å². The van der Waals surface area contributed by atoms with Crippen LogP contribution in [-0.2, 0) is 5.41 Å². The van der Waals surface area contributed by atoms with E-state index in [9.17, 15) is 5.26 Å². The molecule has 0 N–H and O–H groups in total. The third-order valence-electron chi connectivity index (χ3n) is 11.6. The van der Waals surface area contributed by atoms with Crippen molar-refractivity contribution in [3.63, 3.8) is 0 Å². The number of hydrogen-bond acceptors (Lipinski definition) is 4. The van der Waals surface area contributed by atoms with Crippen LogP contribution in [0, 0.1) is 11.3 Å². The Morgan fingerprint density at radius 1 is 0.379 bits per heavy atom. The van der Waals surface area contributed by atoms with Gasteiger partial charge in [0.1, 0.15) is 0 Å². The second-order valence-electron chi connectivity index (χ2n) is 14.8. The monoisotopic (exact) mass is 755 g/mol. The van der Waals surface area contributed by atoms with Crippen molar-refractivity contribution in [1.29, 1.82) is 5.26 Å². The van der Waals surface area contributed by atoms with E-state index in [2.05, 4.69) is 164 Å². The van der Waals surface area contributed by atoms with E-state index in [1.165, 1.54) is 43.2 Å². The maximum absolute atomic E-state index is 10.1. The van der Waals surface area contributed by atoms with Crippen LogP contribution in [-0.4, -0.2) is 9.97 Å². The molecule has 0 unspecified atom stereocenters. The third-order valence-corrected chi connectivity index (χ3v) is 12.8. The molecule has 2 heterocycles. The lowest BCUT2D eigenvalue weighted by Gasteiger charge is -2.40. The Hall–Kier alpha value is -7.32. The highest BCUT2D eigenvalue weighted by Crippen LogP contribution is 2.62. The lowest BCUT2D eigenvalue weighted by Crippen LogP contribution is -2.32. The summed E-state index contributed by atoms with van der Waals surface area (Å²) in [6, 6.07) is 73.2. The second kappa shape index (κ2) is 13.7. The van der Waals surface area contributed by atoms with Gasteiger partial charge in [-0.2, -0.15) is 5.26 Å². The highest BCUT2D eigenvalue weighted by Gasteiger charge is 2.50. The van der Waals surface area contributed by atoms with E-state index in [-0.39, 0.29) is 0 Å². The molecule has 1 spiro atoms.